The second-order valence-electron chi connectivity index (χ2n) is 5.65. The van der Waals surface area contributed by atoms with Crippen molar-refractivity contribution in [2.45, 2.75) is 12.8 Å². The van der Waals surface area contributed by atoms with E-state index >= 15 is 0 Å². The molecule has 8 nitrogen and oxygen atoms in total. The van der Waals surface area contributed by atoms with E-state index in [1.165, 1.54) is 11.3 Å². The van der Waals surface area contributed by atoms with Gasteiger partial charge in [0.25, 0.3) is 0 Å². The summed E-state index contributed by atoms with van der Waals surface area (Å²) in [6, 6.07) is 3.88. The van der Waals surface area contributed by atoms with Gasteiger partial charge < -0.3 is 9.52 Å². The molecular weight excluding hydrogens is 378 g/mol. The van der Waals surface area contributed by atoms with Gasteiger partial charge in [0.05, 0.1) is 22.3 Å². The van der Waals surface area contributed by atoms with Crippen molar-refractivity contribution in [1.29, 1.82) is 0 Å². The first-order chi connectivity index (χ1) is 12.5. The Kier molecular flexibility index (Phi) is 4.17. The number of hydrogen-bond donors (Lipinski definition) is 1. The third kappa shape index (κ3) is 3.31. The fourth-order valence-corrected chi connectivity index (χ4v) is 3.88. The van der Waals surface area contributed by atoms with Crippen LogP contribution in [0, 0.1) is 0 Å². The summed E-state index contributed by atoms with van der Waals surface area (Å²) in [5.74, 6) is -0.621. The van der Waals surface area contributed by atoms with Gasteiger partial charge in [-0.2, -0.15) is 5.10 Å². The monoisotopic (exact) mass is 389 g/mol. The lowest BCUT2D eigenvalue weighted by molar-refractivity contribution is -0.136. The van der Waals surface area contributed by atoms with Crippen LogP contribution in [0.4, 0.5) is 0 Å². The zero-order valence-corrected chi connectivity index (χ0v) is 15.1. The molecule has 0 saturated carbocycles. The van der Waals surface area contributed by atoms with E-state index in [9.17, 15) is 4.79 Å². The molecule has 0 spiro atoms. The minimum atomic E-state index is -1.02. The second kappa shape index (κ2) is 6.50. The average molecular weight is 390 g/mol. The number of nitrogens with zero attached hydrogens (tertiary/aromatic N) is 5. The number of rotatable bonds is 5. The first-order valence-corrected chi connectivity index (χ1v) is 8.78. The molecule has 0 amide bonds. The van der Waals surface area contributed by atoms with Gasteiger partial charge in [-0.3, -0.25) is 9.48 Å². The van der Waals surface area contributed by atoms with E-state index in [1.54, 1.807) is 10.9 Å². The van der Waals surface area contributed by atoms with Crippen molar-refractivity contribution in [2.75, 3.05) is 0 Å². The van der Waals surface area contributed by atoms with Crippen LogP contribution in [-0.2, 0) is 24.7 Å². The highest BCUT2D eigenvalue weighted by Crippen LogP contribution is 2.34. The van der Waals surface area contributed by atoms with Gasteiger partial charge in [0.2, 0.25) is 11.8 Å². The third-order valence-corrected chi connectivity index (χ3v) is 4.93. The molecule has 0 radical (unpaired) electrons. The molecule has 0 fully saturated rings. The van der Waals surface area contributed by atoms with Crippen molar-refractivity contribution in [3.63, 3.8) is 0 Å². The molecule has 1 N–H and O–H groups in total. The summed E-state index contributed by atoms with van der Waals surface area (Å²) in [6.45, 7) is 0. The highest BCUT2D eigenvalue weighted by atomic mass is 35.5. The number of aromatic nitrogens is 5. The Labute approximate surface area is 156 Å². The molecule has 4 aromatic rings. The summed E-state index contributed by atoms with van der Waals surface area (Å²) < 4.78 is 8.01. The first kappa shape index (κ1) is 16.7. The van der Waals surface area contributed by atoms with Gasteiger partial charge in [-0.05, 0) is 17.7 Å². The largest absolute Gasteiger partial charge is 0.481 e. The lowest BCUT2D eigenvalue weighted by Gasteiger charge is -1.99. The van der Waals surface area contributed by atoms with E-state index in [2.05, 4.69) is 20.3 Å². The maximum absolute atomic E-state index is 10.7. The van der Waals surface area contributed by atoms with Gasteiger partial charge in [-0.1, -0.05) is 11.6 Å². The van der Waals surface area contributed by atoms with Gasteiger partial charge in [0.1, 0.15) is 16.9 Å². The molecule has 0 aliphatic rings. The van der Waals surface area contributed by atoms with Crippen molar-refractivity contribution in [3.8, 4) is 11.1 Å². The van der Waals surface area contributed by atoms with Crippen molar-refractivity contribution in [1.82, 2.24) is 25.0 Å². The van der Waals surface area contributed by atoms with Gasteiger partial charge in [-0.15, -0.1) is 21.5 Å². The van der Waals surface area contributed by atoms with Crippen molar-refractivity contribution in [3.05, 3.63) is 46.3 Å². The molecular formula is C16H12ClN5O3S. The molecule has 10 heteroatoms. The fraction of sp³-hybridized carbons (Fsp3) is 0.188. The van der Waals surface area contributed by atoms with Crippen LogP contribution in [0.25, 0.3) is 21.3 Å². The number of carboxylic acids is 1. The van der Waals surface area contributed by atoms with Crippen molar-refractivity contribution in [2.24, 2.45) is 7.05 Å². The molecule has 0 bridgehead atoms. The number of carboxylic acid groups (broad SMARTS) is 1. The topological polar surface area (TPSA) is 107 Å². The fourth-order valence-electron chi connectivity index (χ4n) is 2.54. The molecule has 0 aliphatic heterocycles. The van der Waals surface area contributed by atoms with Crippen LogP contribution in [0.15, 0.2) is 28.9 Å². The molecule has 1 aromatic carbocycles. The molecule has 0 unspecified atom stereocenters. The molecule has 3 aromatic heterocycles. The van der Waals surface area contributed by atoms with Gasteiger partial charge in [-0.25, -0.2) is 4.98 Å². The van der Waals surface area contributed by atoms with Gasteiger partial charge in [0, 0.05) is 18.8 Å². The average Bonchev–Trinajstić information content (AvgIpc) is 3.27. The molecule has 0 atom stereocenters. The molecule has 0 saturated heterocycles. The lowest BCUT2D eigenvalue weighted by atomic mass is 10.1. The highest BCUT2D eigenvalue weighted by molar-refractivity contribution is 7.18. The summed E-state index contributed by atoms with van der Waals surface area (Å²) in [7, 11) is 1.86. The maximum Gasteiger partial charge on any atom is 0.312 e. The van der Waals surface area contributed by atoms with E-state index in [0.717, 1.165) is 20.8 Å². The van der Waals surface area contributed by atoms with Crippen LogP contribution in [-0.4, -0.2) is 36.0 Å². The Morgan fingerprint density at radius 2 is 2.12 bits per heavy atom. The lowest BCUT2D eigenvalue weighted by Crippen LogP contribution is -1.99. The SMILES string of the molecule is Cn1cc(-c2cc(Cl)c3nc(Cc4nnc(CC(=O)O)o4)sc3c2)cn1. The predicted molar refractivity (Wildman–Crippen MR) is 95.3 cm³/mol. The predicted octanol–water partition coefficient (Wildman–Crippen LogP) is 2.95. The van der Waals surface area contributed by atoms with Crippen LogP contribution < -0.4 is 0 Å². The van der Waals surface area contributed by atoms with E-state index in [0.29, 0.717) is 22.9 Å². The minimum Gasteiger partial charge on any atom is -0.481 e. The second-order valence-corrected chi connectivity index (χ2v) is 7.17. The number of hydrogen-bond acceptors (Lipinski definition) is 7. The number of benzene rings is 1. The molecule has 132 valence electrons. The number of aliphatic carboxylic acids is 1. The normalized spacial score (nSPS) is 11.3. The van der Waals surface area contributed by atoms with Crippen LogP contribution in [0.5, 0.6) is 0 Å². The Bertz CT molecular complexity index is 1120. The standard InChI is InChI=1S/C16H12ClN5O3S/c1-22-7-9(6-18-22)8-2-10(17)16-11(3-8)26-14(19-16)4-12-20-21-13(25-12)5-15(23)24/h2-3,6-7H,4-5H2,1H3,(H,23,24). The Balaban J connectivity index is 1.64. The smallest absolute Gasteiger partial charge is 0.312 e. The van der Waals surface area contributed by atoms with Gasteiger partial charge >= 0.3 is 5.97 Å². The zero-order chi connectivity index (χ0) is 18.3. The summed E-state index contributed by atoms with van der Waals surface area (Å²) in [6.07, 6.45) is 3.72. The Hall–Kier alpha value is -2.78. The Morgan fingerprint density at radius 1 is 1.31 bits per heavy atom. The summed E-state index contributed by atoms with van der Waals surface area (Å²) in [4.78, 5) is 15.2. The van der Waals surface area contributed by atoms with Gasteiger partial charge in [0.15, 0.2) is 0 Å². The van der Waals surface area contributed by atoms with E-state index in [-0.39, 0.29) is 12.3 Å². The number of carbonyl (C=O) groups is 1. The molecule has 3 heterocycles. The summed E-state index contributed by atoms with van der Waals surface area (Å²) in [5.41, 5.74) is 2.65. The summed E-state index contributed by atoms with van der Waals surface area (Å²) in [5, 5.41) is 21.8. The highest BCUT2D eigenvalue weighted by Gasteiger charge is 2.15. The quantitative estimate of drug-likeness (QED) is 0.559. The molecule has 26 heavy (non-hydrogen) atoms. The van der Waals surface area contributed by atoms with Crippen LogP contribution in [0.3, 0.4) is 0 Å². The third-order valence-electron chi connectivity index (χ3n) is 3.64. The van der Waals surface area contributed by atoms with Crippen LogP contribution in [0.2, 0.25) is 5.02 Å². The zero-order valence-electron chi connectivity index (χ0n) is 13.5. The summed E-state index contributed by atoms with van der Waals surface area (Å²) >= 11 is 7.88. The van der Waals surface area contributed by atoms with Crippen LogP contribution >= 0.6 is 22.9 Å². The number of aryl methyl sites for hydroxylation is 1. The van der Waals surface area contributed by atoms with Crippen LogP contribution in [0.1, 0.15) is 16.8 Å². The maximum atomic E-state index is 10.7. The molecule has 0 aliphatic carbocycles. The number of thiazole rings is 1. The molecule has 4 rings (SSSR count). The number of halogens is 1. The van der Waals surface area contributed by atoms with Crippen molar-refractivity contribution < 1.29 is 14.3 Å². The minimum absolute atomic E-state index is 0.0745. The van der Waals surface area contributed by atoms with E-state index < -0.39 is 5.97 Å². The van der Waals surface area contributed by atoms with E-state index in [1.807, 2.05) is 25.4 Å². The number of fused-ring (bicyclic) bond motifs is 1. The first-order valence-electron chi connectivity index (χ1n) is 7.59. The van der Waals surface area contributed by atoms with E-state index in [4.69, 9.17) is 21.1 Å². The van der Waals surface area contributed by atoms with Crippen molar-refractivity contribution >= 4 is 39.1 Å². The Morgan fingerprint density at radius 3 is 2.85 bits per heavy atom.